The number of nitrogens with one attached hydrogen (secondary N) is 1. The summed E-state index contributed by atoms with van der Waals surface area (Å²) in [6.07, 6.45) is 0.736. The predicted octanol–water partition coefficient (Wildman–Crippen LogP) is 2.43. The minimum atomic E-state index is -0.221. The zero-order valence-electron chi connectivity index (χ0n) is 11.2. The topological polar surface area (TPSA) is 51.0 Å². The van der Waals surface area contributed by atoms with Gasteiger partial charge in [0.15, 0.2) is 0 Å². The fourth-order valence-corrected chi connectivity index (χ4v) is 3.15. The first-order chi connectivity index (χ1) is 9.72. The molecule has 3 rings (SSSR count). The molecule has 106 valence electrons. The summed E-state index contributed by atoms with van der Waals surface area (Å²) in [5.41, 5.74) is 1.36. The zero-order valence-corrected chi connectivity index (χ0v) is 12.0. The molecule has 1 atom stereocenters. The molecule has 1 aromatic carbocycles. The van der Waals surface area contributed by atoms with Crippen LogP contribution >= 0.6 is 11.8 Å². The van der Waals surface area contributed by atoms with Gasteiger partial charge in [-0.25, -0.2) is 4.39 Å². The third kappa shape index (κ3) is 3.02. The highest BCUT2D eigenvalue weighted by atomic mass is 32.2. The van der Waals surface area contributed by atoms with E-state index in [1.807, 2.05) is 11.8 Å². The Morgan fingerprint density at radius 1 is 1.50 bits per heavy atom. The Morgan fingerprint density at radius 3 is 3.15 bits per heavy atom. The average Bonchev–Trinajstić information content (AvgIpc) is 2.91. The van der Waals surface area contributed by atoms with E-state index in [1.165, 1.54) is 6.07 Å². The van der Waals surface area contributed by atoms with Crippen molar-refractivity contribution < 1.29 is 8.91 Å². The molecule has 1 fully saturated rings. The Morgan fingerprint density at radius 2 is 2.40 bits per heavy atom. The maximum Gasteiger partial charge on any atom is 0.228 e. The van der Waals surface area contributed by atoms with Crippen molar-refractivity contribution in [2.45, 2.75) is 19.4 Å². The van der Waals surface area contributed by atoms with Crippen LogP contribution < -0.4 is 5.32 Å². The van der Waals surface area contributed by atoms with E-state index in [0.29, 0.717) is 23.3 Å². The fraction of sp³-hybridized carbons (Fsp3) is 0.429. The summed E-state index contributed by atoms with van der Waals surface area (Å²) < 4.78 is 18.5. The Labute approximate surface area is 121 Å². The molecule has 1 unspecified atom stereocenters. The highest BCUT2D eigenvalue weighted by Crippen LogP contribution is 2.20. The number of hydrogen-bond donors (Lipinski definition) is 1. The molecule has 1 saturated heterocycles. The Hall–Kier alpha value is -1.40. The quantitative estimate of drug-likeness (QED) is 0.942. The van der Waals surface area contributed by atoms with Gasteiger partial charge < -0.3 is 9.84 Å². The molecule has 1 aromatic heterocycles. The van der Waals surface area contributed by atoms with Crippen molar-refractivity contribution in [1.29, 1.82) is 0 Å². The molecule has 0 amide bonds. The molecule has 0 radical (unpaired) electrons. The normalized spacial score (nSPS) is 19.2. The van der Waals surface area contributed by atoms with E-state index >= 15 is 0 Å². The number of halogens is 1. The van der Waals surface area contributed by atoms with E-state index in [0.717, 1.165) is 30.0 Å². The summed E-state index contributed by atoms with van der Waals surface area (Å²) in [4.78, 5) is 4.40. The first kappa shape index (κ1) is 13.6. The third-order valence-corrected chi connectivity index (χ3v) is 4.43. The van der Waals surface area contributed by atoms with Crippen LogP contribution in [0.5, 0.6) is 0 Å². The number of benzene rings is 1. The van der Waals surface area contributed by atoms with Crippen LogP contribution in [-0.2, 0) is 6.42 Å². The van der Waals surface area contributed by atoms with Gasteiger partial charge in [0.25, 0.3) is 0 Å². The summed E-state index contributed by atoms with van der Waals surface area (Å²) in [5.74, 6) is 3.14. The molecule has 0 bridgehead atoms. The molecule has 2 aromatic rings. The minimum Gasteiger partial charge on any atom is -0.339 e. The van der Waals surface area contributed by atoms with Gasteiger partial charge in [0.1, 0.15) is 5.82 Å². The fourth-order valence-electron chi connectivity index (χ4n) is 2.20. The largest absolute Gasteiger partial charge is 0.339 e. The molecule has 1 aliphatic heterocycles. The highest BCUT2D eigenvalue weighted by molar-refractivity contribution is 7.99. The van der Waals surface area contributed by atoms with E-state index in [4.69, 9.17) is 4.52 Å². The van der Waals surface area contributed by atoms with Crippen molar-refractivity contribution in [3.8, 4) is 11.4 Å². The van der Waals surface area contributed by atoms with Gasteiger partial charge in [0.05, 0.1) is 0 Å². The Kier molecular flexibility index (Phi) is 4.03. The molecular weight excluding hydrogens is 277 g/mol. The van der Waals surface area contributed by atoms with Gasteiger partial charge in [-0.15, -0.1) is 0 Å². The summed E-state index contributed by atoms with van der Waals surface area (Å²) in [6, 6.07) is 5.22. The molecule has 1 aliphatic rings. The smallest absolute Gasteiger partial charge is 0.228 e. The van der Waals surface area contributed by atoms with Crippen LogP contribution in [0.15, 0.2) is 22.7 Å². The summed E-state index contributed by atoms with van der Waals surface area (Å²) >= 11 is 1.93. The van der Waals surface area contributed by atoms with Crippen molar-refractivity contribution in [3.05, 3.63) is 35.5 Å². The molecule has 0 aliphatic carbocycles. The lowest BCUT2D eigenvalue weighted by atomic mass is 10.1. The van der Waals surface area contributed by atoms with Gasteiger partial charge in [0, 0.05) is 36.1 Å². The number of hydrogen-bond acceptors (Lipinski definition) is 5. The minimum absolute atomic E-state index is 0.221. The Bertz CT molecular complexity index is 596. The van der Waals surface area contributed by atoms with Crippen LogP contribution in [0.2, 0.25) is 0 Å². The van der Waals surface area contributed by atoms with Gasteiger partial charge in [-0.1, -0.05) is 5.16 Å². The van der Waals surface area contributed by atoms with E-state index in [1.54, 1.807) is 19.1 Å². The van der Waals surface area contributed by atoms with Crippen molar-refractivity contribution in [1.82, 2.24) is 15.5 Å². The lowest BCUT2D eigenvalue weighted by Gasteiger charge is -2.21. The van der Waals surface area contributed by atoms with E-state index in [2.05, 4.69) is 15.5 Å². The lowest BCUT2D eigenvalue weighted by molar-refractivity contribution is 0.363. The summed E-state index contributed by atoms with van der Waals surface area (Å²) in [6.45, 7) is 2.75. The second-order valence-electron chi connectivity index (χ2n) is 4.91. The molecule has 2 heterocycles. The predicted molar refractivity (Wildman–Crippen MR) is 77.2 cm³/mol. The zero-order chi connectivity index (χ0) is 13.9. The van der Waals surface area contributed by atoms with Gasteiger partial charge in [-0.05, 0) is 30.7 Å². The number of rotatable bonds is 3. The average molecular weight is 293 g/mol. The van der Waals surface area contributed by atoms with Crippen LogP contribution in [0.3, 0.4) is 0 Å². The van der Waals surface area contributed by atoms with Crippen LogP contribution in [0.25, 0.3) is 11.4 Å². The SMILES string of the molecule is Cc1cc(-c2noc(CC3CSCCN3)n2)ccc1F. The molecule has 4 nitrogen and oxygen atoms in total. The first-order valence-electron chi connectivity index (χ1n) is 6.62. The van der Waals surface area contributed by atoms with E-state index in [-0.39, 0.29) is 5.82 Å². The van der Waals surface area contributed by atoms with Crippen LogP contribution in [-0.4, -0.2) is 34.2 Å². The summed E-state index contributed by atoms with van der Waals surface area (Å²) in [5, 5.41) is 7.41. The molecule has 0 saturated carbocycles. The Balaban J connectivity index is 1.73. The van der Waals surface area contributed by atoms with Crippen molar-refractivity contribution >= 4 is 11.8 Å². The monoisotopic (exact) mass is 293 g/mol. The maximum absolute atomic E-state index is 13.3. The van der Waals surface area contributed by atoms with Crippen LogP contribution in [0, 0.1) is 12.7 Å². The maximum atomic E-state index is 13.3. The molecule has 1 N–H and O–H groups in total. The second kappa shape index (κ2) is 5.93. The van der Waals surface area contributed by atoms with Crippen LogP contribution in [0.4, 0.5) is 4.39 Å². The van der Waals surface area contributed by atoms with Gasteiger partial charge >= 0.3 is 0 Å². The number of aryl methyl sites for hydroxylation is 1. The number of nitrogens with zero attached hydrogens (tertiary/aromatic N) is 2. The van der Waals surface area contributed by atoms with Gasteiger partial charge in [-0.3, -0.25) is 0 Å². The van der Waals surface area contributed by atoms with Crippen molar-refractivity contribution in [3.63, 3.8) is 0 Å². The molecule has 20 heavy (non-hydrogen) atoms. The van der Waals surface area contributed by atoms with Gasteiger partial charge in [0.2, 0.25) is 11.7 Å². The molecule has 6 heteroatoms. The molecular formula is C14H16FN3OS. The first-order valence-corrected chi connectivity index (χ1v) is 7.78. The standard InChI is InChI=1S/C14H16FN3OS/c1-9-6-10(2-3-12(9)15)14-17-13(19-18-14)7-11-8-20-5-4-16-11/h2-3,6,11,16H,4-5,7-8H2,1H3. The van der Waals surface area contributed by atoms with Crippen LogP contribution in [0.1, 0.15) is 11.5 Å². The second-order valence-corrected chi connectivity index (χ2v) is 6.06. The number of thioether (sulfide) groups is 1. The van der Waals surface area contributed by atoms with Crippen molar-refractivity contribution in [2.24, 2.45) is 0 Å². The molecule has 0 spiro atoms. The van der Waals surface area contributed by atoms with Crippen molar-refractivity contribution in [2.75, 3.05) is 18.1 Å². The van der Waals surface area contributed by atoms with E-state index in [9.17, 15) is 4.39 Å². The summed E-state index contributed by atoms with van der Waals surface area (Å²) in [7, 11) is 0. The van der Waals surface area contributed by atoms with Gasteiger partial charge in [-0.2, -0.15) is 16.7 Å². The van der Waals surface area contributed by atoms with E-state index < -0.39 is 0 Å². The number of aromatic nitrogens is 2. The lowest BCUT2D eigenvalue weighted by Crippen LogP contribution is -2.38. The third-order valence-electron chi connectivity index (χ3n) is 3.30. The highest BCUT2D eigenvalue weighted by Gasteiger charge is 2.17.